The second kappa shape index (κ2) is 9.27. The van der Waals surface area contributed by atoms with Crippen molar-refractivity contribution in [2.45, 2.75) is 6.04 Å². The van der Waals surface area contributed by atoms with E-state index in [9.17, 15) is 23.7 Å². The number of benzene rings is 3. The Balaban J connectivity index is 1.49. The maximum absolute atomic E-state index is 13.6. The van der Waals surface area contributed by atoms with Crippen LogP contribution in [-0.2, 0) is 0 Å². The van der Waals surface area contributed by atoms with Crippen LogP contribution in [0.1, 0.15) is 17.2 Å². The van der Waals surface area contributed by atoms with Gasteiger partial charge in [-0.1, -0.05) is 42.5 Å². The highest BCUT2D eigenvalue weighted by molar-refractivity contribution is 5.96. The number of para-hydroxylation sites is 1. The molecule has 0 saturated carbocycles. The van der Waals surface area contributed by atoms with Crippen molar-refractivity contribution in [3.63, 3.8) is 0 Å². The third-order valence-electron chi connectivity index (χ3n) is 6.42. The number of fused-ring (bicyclic) bond motifs is 1. The number of nitrogens with one attached hydrogen (secondary N) is 1. The van der Waals surface area contributed by atoms with Crippen LogP contribution in [0.25, 0.3) is 10.9 Å². The Bertz CT molecular complexity index is 1380. The molecule has 0 atom stereocenters. The normalized spacial score (nSPS) is 14.5. The topological polar surface area (TPSA) is 82.5 Å². The first-order chi connectivity index (χ1) is 16.9. The molecule has 0 spiro atoms. The zero-order chi connectivity index (χ0) is 24.5. The third kappa shape index (κ3) is 4.38. The Morgan fingerprint density at radius 2 is 1.37 bits per heavy atom. The van der Waals surface area contributed by atoms with E-state index in [-0.39, 0.29) is 17.7 Å². The molecule has 0 amide bonds. The highest BCUT2D eigenvalue weighted by Crippen LogP contribution is 2.35. The molecule has 0 aliphatic carbocycles. The summed E-state index contributed by atoms with van der Waals surface area (Å²) in [6.07, 6.45) is 0. The molecule has 0 radical (unpaired) electrons. The van der Waals surface area contributed by atoms with E-state index in [0.717, 1.165) is 11.1 Å². The first-order valence-corrected chi connectivity index (χ1v) is 11.2. The summed E-state index contributed by atoms with van der Waals surface area (Å²) in [5.74, 6) is -0.685. The maximum Gasteiger partial charge on any atom is 0.357 e. The van der Waals surface area contributed by atoms with Gasteiger partial charge < -0.3 is 9.88 Å². The summed E-state index contributed by atoms with van der Waals surface area (Å²) in [6.45, 7) is 1.93. The summed E-state index contributed by atoms with van der Waals surface area (Å²) in [7, 11) is 0. The molecule has 1 aromatic heterocycles. The van der Waals surface area contributed by atoms with Crippen LogP contribution in [0.3, 0.4) is 0 Å². The van der Waals surface area contributed by atoms with Crippen LogP contribution >= 0.6 is 0 Å². The number of rotatable bonds is 5. The average Bonchev–Trinajstić information content (AvgIpc) is 2.86. The predicted octanol–water partition coefficient (Wildman–Crippen LogP) is 4.63. The fourth-order valence-corrected chi connectivity index (χ4v) is 4.81. The zero-order valence-corrected chi connectivity index (χ0v) is 18.7. The molecule has 1 fully saturated rings. The van der Waals surface area contributed by atoms with Gasteiger partial charge in [-0.15, -0.1) is 0 Å². The first kappa shape index (κ1) is 22.7. The molecule has 3 aromatic carbocycles. The van der Waals surface area contributed by atoms with Crippen LogP contribution in [0, 0.1) is 21.7 Å². The molecule has 1 aliphatic heterocycles. The minimum atomic E-state index is -0.735. The van der Waals surface area contributed by atoms with Crippen LogP contribution in [-0.4, -0.2) is 41.0 Å². The van der Waals surface area contributed by atoms with Gasteiger partial charge in [-0.25, -0.2) is 8.78 Å². The lowest BCUT2D eigenvalue weighted by Gasteiger charge is -2.40. The fraction of sp³-hybridized carbons (Fsp3) is 0.192. The van der Waals surface area contributed by atoms with Gasteiger partial charge >= 0.3 is 11.2 Å². The Hall–Kier alpha value is -4.11. The predicted molar refractivity (Wildman–Crippen MR) is 130 cm³/mol. The number of nitrogens with zero attached hydrogens (tertiary/aromatic N) is 3. The van der Waals surface area contributed by atoms with Crippen molar-refractivity contribution in [2.75, 3.05) is 31.1 Å². The largest absolute Gasteiger partial charge is 0.363 e. The molecule has 0 unspecified atom stereocenters. The van der Waals surface area contributed by atoms with Crippen molar-refractivity contribution in [1.82, 2.24) is 9.88 Å². The van der Waals surface area contributed by atoms with Crippen molar-refractivity contribution >= 4 is 22.3 Å². The molecule has 0 bridgehead atoms. The number of H-pyrrole nitrogens is 1. The second-order valence-electron chi connectivity index (χ2n) is 8.48. The minimum Gasteiger partial charge on any atom is -0.363 e. The molecule has 1 N–H and O–H groups in total. The third-order valence-corrected chi connectivity index (χ3v) is 6.42. The van der Waals surface area contributed by atoms with Gasteiger partial charge in [0.15, 0.2) is 0 Å². The number of hydrogen-bond acceptors (Lipinski definition) is 5. The average molecular weight is 476 g/mol. The number of anilines is 1. The molecule has 5 rings (SSSR count). The number of hydrogen-bond donors (Lipinski definition) is 1. The Morgan fingerprint density at radius 3 is 1.91 bits per heavy atom. The van der Waals surface area contributed by atoms with Crippen molar-refractivity contribution < 1.29 is 13.7 Å². The van der Waals surface area contributed by atoms with Crippen LogP contribution < -0.4 is 10.5 Å². The monoisotopic (exact) mass is 476 g/mol. The van der Waals surface area contributed by atoms with Crippen LogP contribution in [0.4, 0.5) is 20.2 Å². The van der Waals surface area contributed by atoms with E-state index in [1.54, 1.807) is 48.5 Å². The van der Waals surface area contributed by atoms with Gasteiger partial charge in [-0.3, -0.25) is 19.8 Å². The lowest BCUT2D eigenvalue weighted by molar-refractivity contribution is -0.385. The lowest BCUT2D eigenvalue weighted by atomic mass is 9.96. The van der Waals surface area contributed by atoms with Crippen molar-refractivity contribution in [2.24, 2.45) is 0 Å². The highest BCUT2D eigenvalue weighted by atomic mass is 19.1. The molecular weight excluding hydrogens is 454 g/mol. The van der Waals surface area contributed by atoms with Crippen molar-refractivity contribution in [3.8, 4) is 0 Å². The van der Waals surface area contributed by atoms with E-state index in [1.807, 2.05) is 4.90 Å². The molecule has 4 aromatic rings. The van der Waals surface area contributed by atoms with Gasteiger partial charge in [0.2, 0.25) is 0 Å². The minimum absolute atomic E-state index is 0.246. The molecule has 2 heterocycles. The molecule has 35 heavy (non-hydrogen) atoms. The molecule has 178 valence electrons. The first-order valence-electron chi connectivity index (χ1n) is 11.2. The fourth-order valence-electron chi connectivity index (χ4n) is 4.81. The van der Waals surface area contributed by atoms with E-state index < -0.39 is 16.2 Å². The van der Waals surface area contributed by atoms with E-state index in [4.69, 9.17) is 0 Å². The van der Waals surface area contributed by atoms with Gasteiger partial charge in [-0.05, 0) is 41.5 Å². The Kier molecular flexibility index (Phi) is 6.00. The van der Waals surface area contributed by atoms with Gasteiger partial charge in [0, 0.05) is 31.6 Å². The lowest BCUT2D eigenvalue weighted by Crippen LogP contribution is -2.48. The quantitative estimate of drug-likeness (QED) is 0.336. The summed E-state index contributed by atoms with van der Waals surface area (Å²) >= 11 is 0. The van der Waals surface area contributed by atoms with Crippen LogP contribution in [0.15, 0.2) is 77.6 Å². The zero-order valence-electron chi connectivity index (χ0n) is 18.7. The maximum atomic E-state index is 13.6. The molecule has 1 aliphatic rings. The van der Waals surface area contributed by atoms with Crippen LogP contribution in [0.2, 0.25) is 0 Å². The van der Waals surface area contributed by atoms with E-state index in [2.05, 4.69) is 9.88 Å². The van der Waals surface area contributed by atoms with Gasteiger partial charge in [0.1, 0.15) is 17.3 Å². The number of aromatic amines is 1. The van der Waals surface area contributed by atoms with E-state index >= 15 is 0 Å². The van der Waals surface area contributed by atoms with Gasteiger partial charge in [0.05, 0.1) is 16.5 Å². The standard InChI is InChI=1S/C26H22F2N4O3/c27-19-9-5-17(6-10-19)23(18-7-11-20(28)12-8-18)30-13-15-31(16-14-30)24-21-3-1-2-4-22(21)29-26(33)25(24)32(34)35/h1-12,23H,13-16H2,(H,29,33). The molecule has 7 nitrogen and oxygen atoms in total. The van der Waals surface area contributed by atoms with Crippen molar-refractivity contribution in [1.29, 1.82) is 0 Å². The second-order valence-corrected chi connectivity index (χ2v) is 8.48. The Morgan fingerprint density at radius 1 is 0.829 bits per heavy atom. The Labute approximate surface area is 199 Å². The number of pyridine rings is 1. The van der Waals surface area contributed by atoms with Crippen LogP contribution in [0.5, 0.6) is 0 Å². The number of halogens is 2. The van der Waals surface area contributed by atoms with Gasteiger partial charge in [-0.2, -0.15) is 0 Å². The summed E-state index contributed by atoms with van der Waals surface area (Å²) in [6, 6.07) is 19.2. The SMILES string of the molecule is O=c1[nH]c2ccccc2c(N2CCN(C(c3ccc(F)cc3)c3ccc(F)cc3)CC2)c1[N+](=O)[O-]. The highest BCUT2D eigenvalue weighted by Gasteiger charge is 2.32. The molecule has 9 heteroatoms. The smallest absolute Gasteiger partial charge is 0.357 e. The number of nitro groups is 1. The van der Waals surface area contributed by atoms with Gasteiger partial charge in [0.25, 0.3) is 0 Å². The molecular formula is C26H22F2N4O3. The summed E-state index contributed by atoms with van der Waals surface area (Å²) in [5, 5.41) is 12.4. The summed E-state index contributed by atoms with van der Waals surface area (Å²) in [5.41, 5.74) is 1.37. The summed E-state index contributed by atoms with van der Waals surface area (Å²) in [4.78, 5) is 30.4. The van der Waals surface area contributed by atoms with E-state index in [1.165, 1.54) is 24.3 Å². The van der Waals surface area contributed by atoms with E-state index in [0.29, 0.717) is 42.8 Å². The van der Waals surface area contributed by atoms with Crippen molar-refractivity contribution in [3.05, 3.63) is 116 Å². The number of piperazine rings is 1. The summed E-state index contributed by atoms with van der Waals surface area (Å²) < 4.78 is 27.2. The number of aromatic nitrogens is 1. The molecule has 1 saturated heterocycles.